The molecule has 0 saturated carbocycles. The van der Waals surface area contributed by atoms with Crippen molar-refractivity contribution in [3.63, 3.8) is 0 Å². The molecule has 2 N–H and O–H groups in total. The first kappa shape index (κ1) is 13.9. The van der Waals surface area contributed by atoms with Crippen molar-refractivity contribution in [1.82, 2.24) is 15.5 Å². The molecule has 0 unspecified atom stereocenters. The van der Waals surface area contributed by atoms with Crippen molar-refractivity contribution in [3.8, 4) is 5.75 Å². The summed E-state index contributed by atoms with van der Waals surface area (Å²) in [6.45, 7) is 0.256. The number of ether oxygens (including phenoxy) is 1. The highest BCUT2D eigenvalue weighted by atomic mass is 32.1. The van der Waals surface area contributed by atoms with Crippen LogP contribution in [0.4, 0.5) is 5.13 Å². The molecule has 0 aliphatic heterocycles. The van der Waals surface area contributed by atoms with Gasteiger partial charge in [0.2, 0.25) is 5.13 Å². The zero-order chi connectivity index (χ0) is 14.4. The van der Waals surface area contributed by atoms with E-state index >= 15 is 0 Å². The van der Waals surface area contributed by atoms with Crippen LogP contribution in [0.15, 0.2) is 29.8 Å². The quantitative estimate of drug-likeness (QED) is 0.813. The van der Waals surface area contributed by atoms with Crippen LogP contribution in [-0.4, -0.2) is 29.1 Å². The van der Waals surface area contributed by atoms with Gasteiger partial charge >= 0.3 is 11.8 Å². The Balaban J connectivity index is 1.83. The number of hydrogen-bond acceptors (Lipinski definition) is 6. The van der Waals surface area contributed by atoms with E-state index in [0.29, 0.717) is 0 Å². The van der Waals surface area contributed by atoms with E-state index in [-0.39, 0.29) is 11.7 Å². The lowest BCUT2D eigenvalue weighted by Gasteiger charge is -2.05. The molecule has 1 aromatic carbocycles. The lowest BCUT2D eigenvalue weighted by molar-refractivity contribution is -0.136. The summed E-state index contributed by atoms with van der Waals surface area (Å²) >= 11 is 1.14. The van der Waals surface area contributed by atoms with E-state index in [1.54, 1.807) is 19.2 Å². The van der Waals surface area contributed by atoms with Crippen molar-refractivity contribution in [1.29, 1.82) is 0 Å². The Morgan fingerprint density at radius 3 is 2.60 bits per heavy atom. The van der Waals surface area contributed by atoms with Crippen LogP contribution >= 0.6 is 11.3 Å². The zero-order valence-corrected chi connectivity index (χ0v) is 11.4. The summed E-state index contributed by atoms with van der Waals surface area (Å²) in [5.74, 6) is -0.764. The number of nitrogens with zero attached hydrogens (tertiary/aromatic N) is 2. The number of amides is 2. The lowest BCUT2D eigenvalue weighted by Crippen LogP contribution is -2.34. The molecule has 104 valence electrons. The van der Waals surface area contributed by atoms with Gasteiger partial charge < -0.3 is 10.1 Å². The smallest absolute Gasteiger partial charge is 0.315 e. The minimum atomic E-state index is -0.768. The number of hydrogen-bond donors (Lipinski definition) is 2. The van der Waals surface area contributed by atoms with Gasteiger partial charge in [0.1, 0.15) is 11.3 Å². The number of methoxy groups -OCH3 is 1. The standard InChI is InChI=1S/C12H12N4O3S/c1-19-9-4-2-8(3-5-9)6-13-10(17)11(18)15-12-16-14-7-20-12/h2-5,7H,6H2,1H3,(H,13,17)(H,15,16,18). The largest absolute Gasteiger partial charge is 0.497 e. The maximum atomic E-state index is 11.6. The van der Waals surface area contributed by atoms with Crippen LogP contribution < -0.4 is 15.4 Å². The third kappa shape index (κ3) is 3.75. The van der Waals surface area contributed by atoms with Crippen molar-refractivity contribution in [2.75, 3.05) is 12.4 Å². The molecule has 2 rings (SSSR count). The molecule has 0 aliphatic rings. The van der Waals surface area contributed by atoms with Crippen LogP contribution in [0.3, 0.4) is 0 Å². The number of carbonyl (C=O) groups is 2. The monoisotopic (exact) mass is 292 g/mol. The number of anilines is 1. The molecule has 0 fully saturated rings. The average Bonchev–Trinajstić information content (AvgIpc) is 2.98. The predicted octanol–water partition coefficient (Wildman–Crippen LogP) is 0.802. The molecule has 0 bridgehead atoms. The third-order valence-corrected chi connectivity index (χ3v) is 3.01. The SMILES string of the molecule is COc1ccc(CNC(=O)C(=O)Nc2nncs2)cc1. The van der Waals surface area contributed by atoms with Crippen molar-refractivity contribution in [3.05, 3.63) is 35.3 Å². The molecule has 8 heteroatoms. The Bertz CT molecular complexity index is 583. The number of aromatic nitrogens is 2. The van der Waals surface area contributed by atoms with Gasteiger partial charge in [-0.2, -0.15) is 0 Å². The molecule has 1 heterocycles. The minimum absolute atomic E-state index is 0.256. The van der Waals surface area contributed by atoms with Gasteiger partial charge in [-0.1, -0.05) is 23.5 Å². The summed E-state index contributed by atoms with van der Waals surface area (Å²) < 4.78 is 5.03. The van der Waals surface area contributed by atoms with Crippen LogP contribution in [-0.2, 0) is 16.1 Å². The summed E-state index contributed by atoms with van der Waals surface area (Å²) in [5.41, 5.74) is 2.33. The van der Waals surface area contributed by atoms with Crippen molar-refractivity contribution < 1.29 is 14.3 Å². The molecule has 2 aromatic rings. The van der Waals surface area contributed by atoms with Gasteiger partial charge in [-0.05, 0) is 17.7 Å². The number of rotatable bonds is 4. The average molecular weight is 292 g/mol. The number of carbonyl (C=O) groups excluding carboxylic acids is 2. The van der Waals surface area contributed by atoms with E-state index in [1.165, 1.54) is 5.51 Å². The molecular weight excluding hydrogens is 280 g/mol. The molecule has 0 saturated heterocycles. The summed E-state index contributed by atoms with van der Waals surface area (Å²) in [6.07, 6.45) is 0. The van der Waals surface area contributed by atoms with Gasteiger partial charge in [0.05, 0.1) is 7.11 Å². The first-order valence-corrected chi connectivity index (χ1v) is 6.55. The second-order valence-electron chi connectivity index (χ2n) is 3.73. The van der Waals surface area contributed by atoms with E-state index in [1.807, 2.05) is 12.1 Å². The van der Waals surface area contributed by atoms with Gasteiger partial charge in [-0.25, -0.2) is 0 Å². The fourth-order valence-electron chi connectivity index (χ4n) is 1.39. The van der Waals surface area contributed by atoms with Crippen LogP contribution in [0.2, 0.25) is 0 Å². The number of benzene rings is 1. The molecule has 1 aromatic heterocycles. The first-order valence-electron chi connectivity index (χ1n) is 5.67. The molecule has 20 heavy (non-hydrogen) atoms. The first-order chi connectivity index (χ1) is 9.69. The Kier molecular flexibility index (Phi) is 4.61. The maximum absolute atomic E-state index is 11.6. The Labute approximate surface area is 119 Å². The van der Waals surface area contributed by atoms with Crippen LogP contribution in [0.25, 0.3) is 0 Å². The Morgan fingerprint density at radius 2 is 2.00 bits per heavy atom. The van der Waals surface area contributed by atoms with Crippen molar-refractivity contribution in [2.45, 2.75) is 6.54 Å². The van der Waals surface area contributed by atoms with Gasteiger partial charge in [-0.3, -0.25) is 14.9 Å². The summed E-state index contributed by atoms with van der Waals surface area (Å²) in [4.78, 5) is 23.1. The second-order valence-corrected chi connectivity index (χ2v) is 4.56. The maximum Gasteiger partial charge on any atom is 0.315 e. The fourth-order valence-corrected chi connectivity index (χ4v) is 1.83. The lowest BCUT2D eigenvalue weighted by atomic mass is 10.2. The summed E-state index contributed by atoms with van der Waals surface area (Å²) in [7, 11) is 1.58. The molecule has 0 aliphatic carbocycles. The molecular formula is C12H12N4O3S. The van der Waals surface area contributed by atoms with E-state index in [2.05, 4.69) is 20.8 Å². The van der Waals surface area contributed by atoms with Crippen LogP contribution in [0, 0.1) is 0 Å². The van der Waals surface area contributed by atoms with Gasteiger partial charge in [-0.15, -0.1) is 10.2 Å². The van der Waals surface area contributed by atoms with Crippen LogP contribution in [0.5, 0.6) is 5.75 Å². The molecule has 0 spiro atoms. The Hall–Kier alpha value is -2.48. The predicted molar refractivity (Wildman–Crippen MR) is 73.4 cm³/mol. The van der Waals surface area contributed by atoms with Crippen molar-refractivity contribution in [2.24, 2.45) is 0 Å². The molecule has 2 amide bonds. The normalized spacial score (nSPS) is 9.85. The van der Waals surface area contributed by atoms with Gasteiger partial charge in [0, 0.05) is 6.54 Å². The molecule has 7 nitrogen and oxygen atoms in total. The van der Waals surface area contributed by atoms with E-state index in [9.17, 15) is 9.59 Å². The highest BCUT2D eigenvalue weighted by Gasteiger charge is 2.14. The zero-order valence-electron chi connectivity index (χ0n) is 10.6. The van der Waals surface area contributed by atoms with Gasteiger partial charge in [0.25, 0.3) is 0 Å². The van der Waals surface area contributed by atoms with E-state index < -0.39 is 11.8 Å². The second kappa shape index (κ2) is 6.62. The van der Waals surface area contributed by atoms with Gasteiger partial charge in [0.15, 0.2) is 0 Å². The molecule has 0 atom stereocenters. The van der Waals surface area contributed by atoms with E-state index in [4.69, 9.17) is 4.74 Å². The number of nitrogens with one attached hydrogen (secondary N) is 2. The topological polar surface area (TPSA) is 93.2 Å². The van der Waals surface area contributed by atoms with Crippen LogP contribution in [0.1, 0.15) is 5.56 Å². The molecule has 0 radical (unpaired) electrons. The summed E-state index contributed by atoms with van der Waals surface area (Å²) in [5, 5.41) is 12.3. The highest BCUT2D eigenvalue weighted by Crippen LogP contribution is 2.11. The summed E-state index contributed by atoms with van der Waals surface area (Å²) in [6, 6.07) is 7.18. The Morgan fingerprint density at radius 1 is 1.25 bits per heavy atom. The van der Waals surface area contributed by atoms with Crippen molar-refractivity contribution >= 4 is 28.3 Å². The fraction of sp³-hybridized carbons (Fsp3) is 0.167. The van der Waals surface area contributed by atoms with E-state index in [0.717, 1.165) is 22.6 Å². The highest BCUT2D eigenvalue weighted by molar-refractivity contribution is 7.13. The third-order valence-electron chi connectivity index (χ3n) is 2.40. The minimum Gasteiger partial charge on any atom is -0.497 e.